The number of para-hydroxylation sites is 2. The normalized spacial score (nSPS) is 11.8. The Labute approximate surface area is 209 Å². The van der Waals surface area contributed by atoms with Gasteiger partial charge in [0.2, 0.25) is 5.78 Å². The second-order valence-corrected chi connectivity index (χ2v) is 9.92. The second-order valence-electron chi connectivity index (χ2n) is 8.48. The molecule has 0 bridgehead atoms. The van der Waals surface area contributed by atoms with Crippen molar-refractivity contribution in [3.8, 4) is 11.3 Å². The summed E-state index contributed by atoms with van der Waals surface area (Å²) < 4.78 is 13.0. The van der Waals surface area contributed by atoms with Gasteiger partial charge in [0.15, 0.2) is 0 Å². The molecule has 4 aromatic rings. The first-order valence-electron chi connectivity index (χ1n) is 10.6. The van der Waals surface area contributed by atoms with Crippen molar-refractivity contribution in [1.29, 1.82) is 0 Å². The van der Waals surface area contributed by atoms with E-state index in [2.05, 4.69) is 35.6 Å². The quantitative estimate of drug-likeness (QED) is 0.139. The Balaban J connectivity index is 1.66. The number of amides is 1. The molecule has 2 aromatic heterocycles. The molecule has 0 atom stereocenters. The molecule has 0 aliphatic heterocycles. The van der Waals surface area contributed by atoms with Crippen LogP contribution in [0.25, 0.3) is 28.1 Å². The third kappa shape index (κ3) is 5.59. The van der Waals surface area contributed by atoms with Gasteiger partial charge in [0, 0.05) is 39.6 Å². The zero-order chi connectivity index (χ0) is 23.4. The summed E-state index contributed by atoms with van der Waals surface area (Å²) in [5.74, 6) is 0.654. The monoisotopic (exact) mass is 576 g/mol. The van der Waals surface area contributed by atoms with Crippen molar-refractivity contribution in [3.05, 3.63) is 60.8 Å². The van der Waals surface area contributed by atoms with Gasteiger partial charge in [-0.25, -0.2) is 14.8 Å². The molecule has 4 rings (SSSR count). The first-order valence-corrected chi connectivity index (χ1v) is 13.9. The highest BCUT2D eigenvalue weighted by molar-refractivity contribution is 14.2. The fourth-order valence-corrected chi connectivity index (χ4v) is 4.30. The summed E-state index contributed by atoms with van der Waals surface area (Å²) in [6.45, 7) is 6.65. The van der Waals surface area contributed by atoms with E-state index >= 15 is 0 Å². The van der Waals surface area contributed by atoms with Crippen molar-refractivity contribution < 1.29 is 13.7 Å². The molecule has 33 heavy (non-hydrogen) atoms. The number of rotatable bonds is 7. The molecule has 0 radical (unpaired) electrons. The van der Waals surface area contributed by atoms with Gasteiger partial charge in [0.1, 0.15) is 5.60 Å². The third-order valence-electron chi connectivity index (χ3n) is 4.95. The minimum absolute atomic E-state index is 0.371. The highest BCUT2D eigenvalue weighted by Gasteiger charge is 2.23. The number of nitrogens with zero attached hydrogens (tertiary/aromatic N) is 4. The minimum Gasteiger partial charge on any atom is -0.443 e. The lowest BCUT2D eigenvalue weighted by molar-refractivity contribution is 0.0579. The van der Waals surface area contributed by atoms with Crippen molar-refractivity contribution in [1.82, 2.24) is 14.4 Å². The molecule has 0 spiro atoms. The van der Waals surface area contributed by atoms with E-state index in [1.165, 1.54) is 9.21 Å². The SMILES string of the molecule is CC(C)(C)OC(=O)N(CCCOSI)c1ccc(-c2ccnc3nc4ccccc4n23)cc1. The van der Waals surface area contributed by atoms with E-state index in [9.17, 15) is 4.79 Å². The van der Waals surface area contributed by atoms with Crippen molar-refractivity contribution in [2.45, 2.75) is 32.8 Å². The van der Waals surface area contributed by atoms with Crippen LogP contribution in [0.1, 0.15) is 27.2 Å². The Bertz CT molecular complexity index is 1250. The van der Waals surface area contributed by atoms with E-state index in [1.54, 1.807) is 11.1 Å². The number of anilines is 1. The molecule has 9 heteroatoms. The number of halogens is 1. The maximum absolute atomic E-state index is 12.9. The van der Waals surface area contributed by atoms with Crippen LogP contribution in [0.2, 0.25) is 0 Å². The van der Waals surface area contributed by atoms with E-state index < -0.39 is 5.60 Å². The Morgan fingerprint density at radius 3 is 2.61 bits per heavy atom. The van der Waals surface area contributed by atoms with E-state index in [1.807, 2.05) is 75.4 Å². The molecule has 0 saturated heterocycles. The molecule has 0 fully saturated rings. The van der Waals surface area contributed by atoms with Crippen LogP contribution >= 0.6 is 30.4 Å². The Morgan fingerprint density at radius 1 is 1.12 bits per heavy atom. The first-order chi connectivity index (χ1) is 15.9. The number of fused-ring (bicyclic) bond motifs is 3. The van der Waals surface area contributed by atoms with Crippen LogP contribution in [0.3, 0.4) is 0 Å². The van der Waals surface area contributed by atoms with Crippen LogP contribution in [0.5, 0.6) is 0 Å². The van der Waals surface area contributed by atoms with Crippen molar-refractivity contribution in [2.75, 3.05) is 18.1 Å². The summed E-state index contributed by atoms with van der Waals surface area (Å²) in [5, 5.41) is 0. The lowest BCUT2D eigenvalue weighted by atomic mass is 10.1. The average molecular weight is 576 g/mol. The van der Waals surface area contributed by atoms with Gasteiger partial charge in [-0.3, -0.25) is 9.30 Å². The van der Waals surface area contributed by atoms with Gasteiger partial charge in [-0.1, -0.05) is 24.3 Å². The summed E-state index contributed by atoms with van der Waals surface area (Å²) in [7, 11) is 1.29. The van der Waals surface area contributed by atoms with Crippen LogP contribution in [-0.4, -0.2) is 39.2 Å². The van der Waals surface area contributed by atoms with Crippen LogP contribution in [0.4, 0.5) is 10.5 Å². The molecule has 1 amide bonds. The molecule has 7 nitrogen and oxygen atoms in total. The van der Waals surface area contributed by atoms with E-state index in [4.69, 9.17) is 8.92 Å². The molecule has 2 aromatic carbocycles. The summed E-state index contributed by atoms with van der Waals surface area (Å²) in [6, 6.07) is 17.9. The van der Waals surface area contributed by atoms with E-state index in [-0.39, 0.29) is 6.09 Å². The van der Waals surface area contributed by atoms with Gasteiger partial charge in [-0.15, -0.1) is 0 Å². The topological polar surface area (TPSA) is 69.0 Å². The van der Waals surface area contributed by atoms with Gasteiger partial charge >= 0.3 is 6.09 Å². The molecule has 0 unspecified atom stereocenters. The van der Waals surface area contributed by atoms with Crippen molar-refractivity contribution in [2.24, 2.45) is 0 Å². The number of hydrogen-bond acceptors (Lipinski definition) is 6. The number of imidazole rings is 1. The Kier molecular flexibility index (Phi) is 7.40. The number of carbonyl (C=O) groups is 1. The maximum atomic E-state index is 12.9. The number of hydrogen-bond donors (Lipinski definition) is 0. The number of benzene rings is 2. The predicted octanol–water partition coefficient (Wildman–Crippen LogP) is 6.70. The maximum Gasteiger partial charge on any atom is 0.414 e. The fourth-order valence-electron chi connectivity index (χ4n) is 3.58. The van der Waals surface area contributed by atoms with Gasteiger partial charge in [-0.05, 0) is 63.1 Å². The fraction of sp³-hybridized carbons (Fsp3) is 0.292. The smallest absolute Gasteiger partial charge is 0.414 e. The standard InChI is InChI=1S/C24H25IN4O3S/c1-24(2,3)32-23(30)28(15-6-16-31-33-25)18-11-9-17(10-12-18)20-13-14-26-22-27-19-7-4-5-8-21(19)29(20)22/h4-5,7-14H,6,15-16H2,1-3H3. The molecular formula is C24H25IN4O3S. The zero-order valence-corrected chi connectivity index (χ0v) is 21.7. The first kappa shape index (κ1) is 23.8. The highest BCUT2D eigenvalue weighted by Crippen LogP contribution is 2.27. The van der Waals surface area contributed by atoms with Crippen LogP contribution in [0, 0.1) is 0 Å². The molecule has 172 valence electrons. The predicted molar refractivity (Wildman–Crippen MR) is 142 cm³/mol. The third-order valence-corrected chi connectivity index (χ3v) is 5.97. The summed E-state index contributed by atoms with van der Waals surface area (Å²) >= 11 is 2.09. The van der Waals surface area contributed by atoms with Gasteiger partial charge < -0.3 is 8.92 Å². The minimum atomic E-state index is -0.574. The average Bonchev–Trinajstić information content (AvgIpc) is 3.17. The number of aromatic nitrogens is 3. The number of carbonyl (C=O) groups excluding carboxylic acids is 1. The highest BCUT2D eigenvalue weighted by atomic mass is 127. The molecular weight excluding hydrogens is 551 g/mol. The van der Waals surface area contributed by atoms with Crippen LogP contribution < -0.4 is 4.90 Å². The molecule has 0 aliphatic rings. The zero-order valence-electron chi connectivity index (χ0n) is 18.7. The Morgan fingerprint density at radius 2 is 1.88 bits per heavy atom. The van der Waals surface area contributed by atoms with Crippen molar-refractivity contribution >= 4 is 59.0 Å². The lowest BCUT2D eigenvalue weighted by Gasteiger charge is -2.27. The molecule has 0 aliphatic carbocycles. The molecule has 0 N–H and O–H groups in total. The number of ether oxygens (including phenoxy) is 1. The van der Waals surface area contributed by atoms with Crippen LogP contribution in [-0.2, 0) is 8.92 Å². The molecule has 2 heterocycles. The second kappa shape index (κ2) is 10.3. The van der Waals surface area contributed by atoms with Gasteiger partial charge in [0.25, 0.3) is 0 Å². The van der Waals surface area contributed by atoms with Crippen LogP contribution in [0.15, 0.2) is 60.8 Å². The van der Waals surface area contributed by atoms with Gasteiger partial charge in [-0.2, -0.15) is 0 Å². The Hall–Kier alpha value is -2.37. The van der Waals surface area contributed by atoms with Gasteiger partial charge in [0.05, 0.1) is 32.5 Å². The summed E-state index contributed by atoms with van der Waals surface area (Å²) in [4.78, 5) is 23.6. The van der Waals surface area contributed by atoms with Crippen molar-refractivity contribution in [3.63, 3.8) is 0 Å². The summed E-state index contributed by atoms with van der Waals surface area (Å²) in [5.41, 5.74) is 4.09. The largest absolute Gasteiger partial charge is 0.443 e. The lowest BCUT2D eigenvalue weighted by Crippen LogP contribution is -2.37. The van der Waals surface area contributed by atoms with E-state index in [0.29, 0.717) is 25.4 Å². The summed E-state index contributed by atoms with van der Waals surface area (Å²) in [6.07, 6.45) is 2.09. The van der Waals surface area contributed by atoms with E-state index in [0.717, 1.165) is 28.0 Å². The molecule has 0 saturated carbocycles.